The predicted molar refractivity (Wildman–Crippen MR) is 85.2 cm³/mol. The Hall–Kier alpha value is -2.48. The van der Waals surface area contributed by atoms with Gasteiger partial charge in [0, 0.05) is 23.5 Å². The van der Waals surface area contributed by atoms with Crippen LogP contribution >= 0.6 is 0 Å². The molecule has 1 aliphatic carbocycles. The highest BCUT2D eigenvalue weighted by molar-refractivity contribution is 6.11. The molecule has 0 saturated carbocycles. The molecule has 0 amide bonds. The van der Waals surface area contributed by atoms with Crippen LogP contribution in [0.3, 0.4) is 0 Å². The van der Waals surface area contributed by atoms with Crippen molar-refractivity contribution in [2.45, 2.75) is 19.8 Å². The van der Waals surface area contributed by atoms with E-state index >= 15 is 0 Å². The standard InChI is InChI=1S/C19H17NO/c1-14-5-6-16-7-8-17(19(21)18(16)13-14)4-2-3-15-9-11-20-12-10-15/h2-6,9-13H,7-8H2,1H3/b3-2+,17-4-. The van der Waals surface area contributed by atoms with Crippen LogP contribution in [-0.2, 0) is 6.42 Å². The van der Waals surface area contributed by atoms with Crippen LogP contribution in [0.25, 0.3) is 6.08 Å². The molecular formula is C19H17NO. The van der Waals surface area contributed by atoms with Gasteiger partial charge >= 0.3 is 0 Å². The van der Waals surface area contributed by atoms with Crippen LogP contribution < -0.4 is 0 Å². The van der Waals surface area contributed by atoms with Gasteiger partial charge in [-0.25, -0.2) is 0 Å². The van der Waals surface area contributed by atoms with Gasteiger partial charge in [-0.1, -0.05) is 35.9 Å². The summed E-state index contributed by atoms with van der Waals surface area (Å²) < 4.78 is 0. The number of hydrogen-bond acceptors (Lipinski definition) is 2. The third-order valence-corrected chi connectivity index (χ3v) is 3.76. The third-order valence-electron chi connectivity index (χ3n) is 3.76. The van der Waals surface area contributed by atoms with Crippen molar-refractivity contribution >= 4 is 11.9 Å². The second kappa shape index (κ2) is 5.88. The molecule has 0 radical (unpaired) electrons. The SMILES string of the molecule is Cc1ccc2c(c1)C(=O)/C(=C\C=C\c1ccncc1)CC2. The van der Waals surface area contributed by atoms with E-state index < -0.39 is 0 Å². The van der Waals surface area contributed by atoms with Gasteiger partial charge in [0.2, 0.25) is 0 Å². The maximum absolute atomic E-state index is 12.5. The molecule has 0 N–H and O–H groups in total. The summed E-state index contributed by atoms with van der Waals surface area (Å²) in [5.41, 5.74) is 5.14. The number of fused-ring (bicyclic) bond motifs is 1. The normalized spacial score (nSPS) is 16.4. The number of rotatable bonds is 2. The lowest BCUT2D eigenvalue weighted by Gasteiger charge is -2.17. The van der Waals surface area contributed by atoms with Crippen LogP contribution in [0.15, 0.2) is 60.5 Å². The number of carbonyl (C=O) groups is 1. The molecule has 21 heavy (non-hydrogen) atoms. The summed E-state index contributed by atoms with van der Waals surface area (Å²) in [4.78, 5) is 16.5. The average Bonchev–Trinajstić information content (AvgIpc) is 2.51. The van der Waals surface area contributed by atoms with Crippen LogP contribution in [0.5, 0.6) is 0 Å². The quantitative estimate of drug-likeness (QED) is 0.770. The van der Waals surface area contributed by atoms with Crippen molar-refractivity contribution in [1.82, 2.24) is 4.98 Å². The lowest BCUT2D eigenvalue weighted by Crippen LogP contribution is -2.14. The summed E-state index contributed by atoms with van der Waals surface area (Å²) in [5, 5.41) is 0. The van der Waals surface area contributed by atoms with Gasteiger partial charge < -0.3 is 0 Å². The first kappa shape index (κ1) is 13.5. The van der Waals surface area contributed by atoms with Crippen LogP contribution in [0.1, 0.15) is 33.5 Å². The molecule has 3 rings (SSSR count). The molecule has 1 aromatic carbocycles. The second-order valence-electron chi connectivity index (χ2n) is 5.32. The van der Waals surface area contributed by atoms with Gasteiger partial charge in [0.25, 0.3) is 0 Å². The van der Waals surface area contributed by atoms with E-state index in [0.29, 0.717) is 0 Å². The number of carbonyl (C=O) groups excluding carboxylic acids is 1. The van der Waals surface area contributed by atoms with Crippen molar-refractivity contribution < 1.29 is 4.79 Å². The molecule has 0 saturated heterocycles. The maximum Gasteiger partial charge on any atom is 0.189 e. The number of hydrogen-bond donors (Lipinski definition) is 0. The number of benzene rings is 1. The van der Waals surface area contributed by atoms with E-state index in [1.165, 1.54) is 5.56 Å². The number of nitrogens with zero attached hydrogens (tertiary/aromatic N) is 1. The Kier molecular flexibility index (Phi) is 3.78. The number of ketones is 1. The Labute approximate surface area is 124 Å². The molecule has 1 aromatic heterocycles. The topological polar surface area (TPSA) is 30.0 Å². The van der Waals surface area contributed by atoms with Gasteiger partial charge in [-0.2, -0.15) is 0 Å². The van der Waals surface area contributed by atoms with Crippen LogP contribution in [-0.4, -0.2) is 10.8 Å². The maximum atomic E-state index is 12.5. The van der Waals surface area contributed by atoms with Crippen molar-refractivity contribution in [3.63, 3.8) is 0 Å². The zero-order valence-corrected chi connectivity index (χ0v) is 12.0. The smallest absolute Gasteiger partial charge is 0.189 e. The first-order chi connectivity index (χ1) is 10.2. The fraction of sp³-hybridized carbons (Fsp3) is 0.158. The van der Waals surface area contributed by atoms with Crippen LogP contribution in [0.2, 0.25) is 0 Å². The minimum atomic E-state index is 0.166. The van der Waals surface area contributed by atoms with E-state index in [1.54, 1.807) is 12.4 Å². The minimum absolute atomic E-state index is 0.166. The van der Waals surface area contributed by atoms with Gasteiger partial charge in [-0.3, -0.25) is 9.78 Å². The highest BCUT2D eigenvalue weighted by atomic mass is 16.1. The molecule has 0 fully saturated rings. The molecular weight excluding hydrogens is 258 g/mol. The number of allylic oxidation sites excluding steroid dienone is 3. The number of pyridine rings is 1. The fourth-order valence-corrected chi connectivity index (χ4v) is 2.58. The van der Waals surface area contributed by atoms with Crippen molar-refractivity contribution in [2.75, 3.05) is 0 Å². The van der Waals surface area contributed by atoms with E-state index in [0.717, 1.165) is 35.1 Å². The number of aryl methyl sites for hydroxylation is 2. The van der Waals surface area contributed by atoms with Gasteiger partial charge in [0.1, 0.15) is 0 Å². The molecule has 0 bridgehead atoms. The zero-order valence-electron chi connectivity index (χ0n) is 12.0. The van der Waals surface area contributed by atoms with Crippen molar-refractivity contribution in [2.24, 2.45) is 0 Å². The van der Waals surface area contributed by atoms with Crippen molar-refractivity contribution in [3.8, 4) is 0 Å². The molecule has 0 atom stereocenters. The molecule has 2 nitrogen and oxygen atoms in total. The van der Waals surface area contributed by atoms with Gasteiger partial charge in [-0.05, 0) is 49.1 Å². The van der Waals surface area contributed by atoms with Gasteiger partial charge in [0.15, 0.2) is 5.78 Å². The van der Waals surface area contributed by atoms with E-state index in [9.17, 15) is 4.79 Å². The molecule has 2 aromatic rings. The predicted octanol–water partition coefficient (Wildman–Crippen LogP) is 4.16. The van der Waals surface area contributed by atoms with Crippen molar-refractivity contribution in [1.29, 1.82) is 0 Å². The number of aromatic nitrogens is 1. The second-order valence-corrected chi connectivity index (χ2v) is 5.32. The lowest BCUT2D eigenvalue weighted by atomic mass is 9.86. The Morgan fingerprint density at radius 1 is 1.10 bits per heavy atom. The summed E-state index contributed by atoms with van der Waals surface area (Å²) in [5.74, 6) is 0.166. The summed E-state index contributed by atoms with van der Waals surface area (Å²) >= 11 is 0. The molecule has 104 valence electrons. The molecule has 1 heterocycles. The third kappa shape index (κ3) is 3.00. The molecule has 0 spiro atoms. The van der Waals surface area contributed by atoms with Gasteiger partial charge in [0.05, 0.1) is 0 Å². The van der Waals surface area contributed by atoms with E-state index in [-0.39, 0.29) is 5.78 Å². The highest BCUT2D eigenvalue weighted by Gasteiger charge is 2.20. The Bertz CT molecular complexity index is 726. The highest BCUT2D eigenvalue weighted by Crippen LogP contribution is 2.26. The molecule has 1 aliphatic rings. The molecule has 2 heteroatoms. The molecule has 0 aliphatic heterocycles. The first-order valence-electron chi connectivity index (χ1n) is 7.15. The number of Topliss-reactive ketones (excluding diaryl/α,β-unsaturated/α-hetero) is 1. The van der Waals surface area contributed by atoms with Gasteiger partial charge in [-0.15, -0.1) is 0 Å². The monoisotopic (exact) mass is 275 g/mol. The average molecular weight is 275 g/mol. The summed E-state index contributed by atoms with van der Waals surface area (Å²) in [7, 11) is 0. The Morgan fingerprint density at radius 3 is 2.71 bits per heavy atom. The first-order valence-corrected chi connectivity index (χ1v) is 7.15. The summed E-state index contributed by atoms with van der Waals surface area (Å²) in [6.45, 7) is 2.02. The van der Waals surface area contributed by atoms with Crippen LogP contribution in [0.4, 0.5) is 0 Å². The zero-order chi connectivity index (χ0) is 14.7. The van der Waals surface area contributed by atoms with E-state index in [2.05, 4.69) is 17.1 Å². The largest absolute Gasteiger partial charge is 0.289 e. The Balaban J connectivity index is 1.83. The molecule has 0 unspecified atom stereocenters. The summed E-state index contributed by atoms with van der Waals surface area (Å²) in [6.07, 6.45) is 11.2. The fourth-order valence-electron chi connectivity index (χ4n) is 2.58. The Morgan fingerprint density at radius 2 is 1.90 bits per heavy atom. The van der Waals surface area contributed by atoms with Crippen LogP contribution in [0, 0.1) is 6.92 Å². The van der Waals surface area contributed by atoms with E-state index in [1.807, 2.05) is 43.4 Å². The lowest BCUT2D eigenvalue weighted by molar-refractivity contribution is 0.102. The summed E-state index contributed by atoms with van der Waals surface area (Å²) in [6, 6.07) is 10.0. The van der Waals surface area contributed by atoms with E-state index in [4.69, 9.17) is 0 Å². The minimum Gasteiger partial charge on any atom is -0.289 e. The van der Waals surface area contributed by atoms with Crippen molar-refractivity contribution in [3.05, 3.63) is 82.7 Å².